The minimum absolute atomic E-state index is 0.130. The van der Waals surface area contributed by atoms with E-state index >= 15 is 0 Å². The van der Waals surface area contributed by atoms with Gasteiger partial charge in [0, 0.05) is 43.5 Å². The minimum Gasteiger partial charge on any atom is -0.467 e. The van der Waals surface area contributed by atoms with Crippen molar-refractivity contribution in [3.05, 3.63) is 83.6 Å². The predicted octanol–water partition coefficient (Wildman–Crippen LogP) is 7.85. The number of hydrogen-bond acceptors (Lipinski definition) is 4. The molecule has 5 nitrogen and oxygen atoms in total. The zero-order valence-corrected chi connectivity index (χ0v) is 22.5. The Morgan fingerprint density at radius 2 is 1.64 bits per heavy atom. The standard InChI is InChI=1S/C30H22F6N2O3S/c31-29(32,33)18-4-6-20(7-5-18)42-23-11-37-25-21(17-2-1-3-19(10-17)30(34,35)36)8-9-22(24(23)25)26(40)38-28-12-27(13-28,14-28)15-41-16-39/h1-11,16,37H,12-15H2,(H,38,40). The van der Waals surface area contributed by atoms with E-state index in [1.807, 2.05) is 0 Å². The Hall–Kier alpha value is -3.93. The third-order valence-electron chi connectivity index (χ3n) is 7.93. The van der Waals surface area contributed by atoms with Gasteiger partial charge in [-0.2, -0.15) is 26.3 Å². The molecular formula is C30H22F6N2O3S. The van der Waals surface area contributed by atoms with Crippen molar-refractivity contribution in [1.29, 1.82) is 0 Å². The molecule has 3 aliphatic carbocycles. The smallest absolute Gasteiger partial charge is 0.416 e. The molecule has 0 spiro atoms. The van der Waals surface area contributed by atoms with Crippen LogP contribution < -0.4 is 5.32 Å². The van der Waals surface area contributed by atoms with Crippen LogP contribution in [0.15, 0.2) is 76.7 Å². The topological polar surface area (TPSA) is 71.2 Å². The van der Waals surface area contributed by atoms with E-state index in [1.54, 1.807) is 18.3 Å². The van der Waals surface area contributed by atoms with Crippen molar-refractivity contribution in [2.45, 2.75) is 46.9 Å². The summed E-state index contributed by atoms with van der Waals surface area (Å²) >= 11 is 1.13. The van der Waals surface area contributed by atoms with Crippen molar-refractivity contribution in [3.8, 4) is 11.1 Å². The van der Waals surface area contributed by atoms with Gasteiger partial charge in [0.1, 0.15) is 0 Å². The second kappa shape index (κ2) is 9.82. The van der Waals surface area contributed by atoms with Crippen molar-refractivity contribution in [3.63, 3.8) is 0 Å². The number of carbonyl (C=O) groups excluding carboxylic acids is 2. The number of rotatable bonds is 8. The van der Waals surface area contributed by atoms with Gasteiger partial charge in [-0.25, -0.2) is 0 Å². The van der Waals surface area contributed by atoms with Crippen LogP contribution in [0.1, 0.15) is 40.7 Å². The lowest BCUT2D eigenvalue weighted by Crippen LogP contribution is -2.75. The number of ether oxygens (including phenoxy) is 1. The van der Waals surface area contributed by atoms with E-state index in [0.717, 1.165) is 36.0 Å². The summed E-state index contributed by atoms with van der Waals surface area (Å²) in [6, 6.07) is 12.6. The Labute approximate surface area is 239 Å². The van der Waals surface area contributed by atoms with Crippen LogP contribution in [0.3, 0.4) is 0 Å². The maximum atomic E-state index is 13.6. The van der Waals surface area contributed by atoms with E-state index in [0.29, 0.717) is 52.0 Å². The molecule has 12 heteroatoms. The Bertz CT molecular complexity index is 1670. The van der Waals surface area contributed by atoms with Gasteiger partial charge in [-0.3, -0.25) is 9.59 Å². The Morgan fingerprint density at radius 1 is 0.952 bits per heavy atom. The van der Waals surface area contributed by atoms with Crippen molar-refractivity contribution in [1.82, 2.24) is 10.3 Å². The van der Waals surface area contributed by atoms with Gasteiger partial charge in [-0.15, -0.1) is 0 Å². The zero-order valence-electron chi connectivity index (χ0n) is 21.7. The van der Waals surface area contributed by atoms with Crippen molar-refractivity contribution in [2.24, 2.45) is 5.41 Å². The maximum Gasteiger partial charge on any atom is 0.416 e. The van der Waals surface area contributed by atoms with E-state index in [2.05, 4.69) is 10.3 Å². The number of H-pyrrole nitrogens is 1. The molecule has 0 atom stereocenters. The second-order valence-electron chi connectivity index (χ2n) is 10.9. The molecule has 4 aromatic rings. The monoisotopic (exact) mass is 604 g/mol. The molecule has 3 saturated carbocycles. The molecule has 218 valence electrons. The van der Waals surface area contributed by atoms with Gasteiger partial charge >= 0.3 is 12.4 Å². The first-order valence-electron chi connectivity index (χ1n) is 12.9. The lowest BCUT2D eigenvalue weighted by atomic mass is 9.39. The predicted molar refractivity (Wildman–Crippen MR) is 143 cm³/mol. The molecule has 1 amide bonds. The minimum atomic E-state index is -4.55. The Kier molecular flexibility index (Phi) is 6.60. The van der Waals surface area contributed by atoms with Crippen molar-refractivity contribution < 1.29 is 40.7 Å². The van der Waals surface area contributed by atoms with Gasteiger partial charge in [0.25, 0.3) is 12.4 Å². The van der Waals surface area contributed by atoms with Gasteiger partial charge in [0.05, 0.1) is 23.3 Å². The number of hydrogen-bond donors (Lipinski definition) is 2. The highest BCUT2D eigenvalue weighted by atomic mass is 32.2. The molecule has 2 bridgehead atoms. The fraction of sp³-hybridized carbons (Fsp3) is 0.267. The lowest BCUT2D eigenvalue weighted by molar-refractivity contribution is -0.184. The first kappa shape index (κ1) is 28.2. The molecule has 0 radical (unpaired) electrons. The summed E-state index contributed by atoms with van der Waals surface area (Å²) < 4.78 is 84.5. The van der Waals surface area contributed by atoms with Crippen LogP contribution in [0.25, 0.3) is 22.0 Å². The van der Waals surface area contributed by atoms with E-state index in [9.17, 15) is 35.9 Å². The van der Waals surface area contributed by atoms with E-state index in [4.69, 9.17) is 4.74 Å². The quantitative estimate of drug-likeness (QED) is 0.159. The van der Waals surface area contributed by atoms with Crippen molar-refractivity contribution in [2.75, 3.05) is 6.61 Å². The Balaban J connectivity index is 1.37. The summed E-state index contributed by atoms with van der Waals surface area (Å²) in [5.41, 5.74) is -0.761. The summed E-state index contributed by atoms with van der Waals surface area (Å²) in [6.45, 7) is 0.686. The van der Waals surface area contributed by atoms with E-state index < -0.39 is 29.0 Å². The molecule has 7 rings (SSSR count). The highest BCUT2D eigenvalue weighted by molar-refractivity contribution is 7.99. The molecule has 0 aliphatic heterocycles. The molecule has 1 heterocycles. The zero-order chi connectivity index (χ0) is 29.9. The summed E-state index contributed by atoms with van der Waals surface area (Å²) in [4.78, 5) is 28.3. The van der Waals surface area contributed by atoms with Crippen LogP contribution in [0.4, 0.5) is 26.3 Å². The number of carbonyl (C=O) groups is 2. The molecule has 3 fully saturated rings. The van der Waals surface area contributed by atoms with Gasteiger partial charge < -0.3 is 15.0 Å². The number of benzene rings is 3. The lowest BCUT2D eigenvalue weighted by Gasteiger charge is -2.70. The SMILES string of the molecule is O=COCC12CC(NC(=O)c3ccc(-c4cccc(C(F)(F)F)c4)c4[nH]cc(Sc5ccc(C(F)(F)F)cc5)c34)(C1)C2. The third kappa shape index (κ3) is 5.01. The van der Waals surface area contributed by atoms with Gasteiger partial charge in [-0.05, 0) is 67.3 Å². The molecule has 3 aliphatic rings. The summed E-state index contributed by atoms with van der Waals surface area (Å²) in [7, 11) is 0. The van der Waals surface area contributed by atoms with Crippen LogP contribution >= 0.6 is 11.8 Å². The number of amides is 1. The van der Waals surface area contributed by atoms with E-state index in [1.165, 1.54) is 24.3 Å². The summed E-state index contributed by atoms with van der Waals surface area (Å²) in [5, 5.41) is 3.52. The first-order chi connectivity index (χ1) is 19.8. The summed E-state index contributed by atoms with van der Waals surface area (Å²) in [5.74, 6) is -0.380. The first-order valence-corrected chi connectivity index (χ1v) is 13.7. The average Bonchev–Trinajstić information content (AvgIpc) is 3.31. The number of alkyl halides is 6. The fourth-order valence-corrected chi connectivity index (χ4v) is 7.19. The molecule has 1 aromatic heterocycles. The number of fused-ring (bicyclic) bond motifs is 1. The normalized spacial score (nSPS) is 21.4. The van der Waals surface area contributed by atoms with Crippen LogP contribution in [0.5, 0.6) is 0 Å². The summed E-state index contributed by atoms with van der Waals surface area (Å²) in [6.07, 6.45) is -5.48. The van der Waals surface area contributed by atoms with Crippen molar-refractivity contribution >= 4 is 35.0 Å². The highest BCUT2D eigenvalue weighted by Crippen LogP contribution is 2.67. The average molecular weight is 605 g/mol. The second-order valence-corrected chi connectivity index (χ2v) is 12.1. The highest BCUT2D eigenvalue weighted by Gasteiger charge is 2.68. The van der Waals surface area contributed by atoms with Gasteiger partial charge in [-0.1, -0.05) is 30.0 Å². The maximum absolute atomic E-state index is 13.6. The number of aromatic nitrogens is 1. The molecule has 0 unspecified atom stereocenters. The number of halogens is 6. The van der Waals surface area contributed by atoms with Crippen LogP contribution in [0, 0.1) is 5.41 Å². The molecule has 42 heavy (non-hydrogen) atoms. The van der Waals surface area contributed by atoms with Crippen LogP contribution in [0.2, 0.25) is 0 Å². The van der Waals surface area contributed by atoms with Gasteiger partial charge in [0.2, 0.25) is 0 Å². The fourth-order valence-electron chi connectivity index (χ4n) is 6.23. The molecular weight excluding hydrogens is 582 g/mol. The Morgan fingerprint density at radius 3 is 2.29 bits per heavy atom. The third-order valence-corrected chi connectivity index (χ3v) is 8.98. The number of nitrogens with one attached hydrogen (secondary N) is 2. The molecule has 0 saturated heterocycles. The van der Waals surface area contributed by atoms with Crippen LogP contribution in [-0.4, -0.2) is 29.5 Å². The van der Waals surface area contributed by atoms with E-state index in [-0.39, 0.29) is 29.1 Å². The molecule has 2 N–H and O–H groups in total. The van der Waals surface area contributed by atoms with Gasteiger partial charge in [0.15, 0.2) is 0 Å². The molecule has 3 aromatic carbocycles. The van der Waals surface area contributed by atoms with Crippen LogP contribution in [-0.2, 0) is 21.9 Å². The number of aromatic amines is 1. The largest absolute Gasteiger partial charge is 0.467 e.